The number of hydrogen-bond acceptors (Lipinski definition) is 5. The maximum Gasteiger partial charge on any atom is 0.264 e. The summed E-state index contributed by atoms with van der Waals surface area (Å²) in [5.74, 6) is -0.988. The first-order valence-electron chi connectivity index (χ1n) is 14.9. The largest absolute Gasteiger partial charge is 0.497 e. The van der Waals surface area contributed by atoms with Gasteiger partial charge in [0.2, 0.25) is 11.8 Å². The van der Waals surface area contributed by atoms with E-state index in [0.717, 1.165) is 27.6 Å². The molecule has 4 rings (SSSR count). The number of rotatable bonds is 12. The Hall–Kier alpha value is -4.70. The molecule has 0 saturated heterocycles. The Morgan fingerprint density at radius 1 is 0.870 bits per heavy atom. The lowest BCUT2D eigenvalue weighted by Gasteiger charge is -2.35. The number of benzene rings is 4. The van der Waals surface area contributed by atoms with E-state index in [4.69, 9.17) is 4.74 Å². The predicted octanol–water partition coefficient (Wildman–Crippen LogP) is 5.89. The fraction of sp³-hybridized carbons (Fsp3) is 0.278. The maximum absolute atomic E-state index is 14.5. The molecule has 2 amide bonds. The third-order valence-electron chi connectivity index (χ3n) is 7.26. The van der Waals surface area contributed by atoms with E-state index < -0.39 is 39.9 Å². The highest BCUT2D eigenvalue weighted by molar-refractivity contribution is 7.92. The summed E-state index contributed by atoms with van der Waals surface area (Å²) in [5, 5.41) is 3.00. The Labute approximate surface area is 270 Å². The highest BCUT2D eigenvalue weighted by Crippen LogP contribution is 2.26. The van der Waals surface area contributed by atoms with Crippen LogP contribution in [0.4, 0.5) is 10.1 Å². The number of carbonyl (C=O) groups excluding carboxylic acids is 2. The quantitative estimate of drug-likeness (QED) is 0.207. The van der Waals surface area contributed by atoms with Crippen molar-refractivity contribution >= 4 is 27.5 Å². The van der Waals surface area contributed by atoms with Gasteiger partial charge in [-0.2, -0.15) is 0 Å². The number of carbonyl (C=O) groups is 2. The number of hydrogen-bond donors (Lipinski definition) is 1. The predicted molar refractivity (Wildman–Crippen MR) is 177 cm³/mol. The number of ether oxygens (including phenoxy) is 1. The topological polar surface area (TPSA) is 96.0 Å². The zero-order valence-electron chi connectivity index (χ0n) is 26.7. The summed E-state index contributed by atoms with van der Waals surface area (Å²) in [4.78, 5) is 29.9. The molecule has 0 bridgehead atoms. The Balaban J connectivity index is 1.82. The average molecular weight is 646 g/mol. The molecule has 46 heavy (non-hydrogen) atoms. The molecule has 4 aromatic carbocycles. The molecule has 0 spiro atoms. The molecule has 8 nitrogen and oxygen atoms in total. The van der Waals surface area contributed by atoms with Gasteiger partial charge in [-0.1, -0.05) is 60.2 Å². The van der Waals surface area contributed by atoms with Crippen molar-refractivity contribution < 1.29 is 27.1 Å². The van der Waals surface area contributed by atoms with Crippen molar-refractivity contribution in [2.24, 2.45) is 0 Å². The smallest absolute Gasteiger partial charge is 0.264 e. The molecule has 0 aliphatic rings. The second-order valence-electron chi connectivity index (χ2n) is 12.1. The van der Waals surface area contributed by atoms with Crippen molar-refractivity contribution in [1.82, 2.24) is 10.2 Å². The number of anilines is 1. The van der Waals surface area contributed by atoms with Crippen LogP contribution in [0.3, 0.4) is 0 Å². The summed E-state index contributed by atoms with van der Waals surface area (Å²) >= 11 is 0. The van der Waals surface area contributed by atoms with Crippen LogP contribution in [0.5, 0.6) is 5.75 Å². The van der Waals surface area contributed by atoms with Gasteiger partial charge in [0.05, 0.1) is 17.7 Å². The zero-order chi connectivity index (χ0) is 33.5. The van der Waals surface area contributed by atoms with Crippen molar-refractivity contribution in [2.45, 2.75) is 57.1 Å². The van der Waals surface area contributed by atoms with Gasteiger partial charge in [-0.05, 0) is 87.4 Å². The summed E-state index contributed by atoms with van der Waals surface area (Å²) in [7, 11) is -2.75. The molecule has 0 heterocycles. The maximum atomic E-state index is 14.5. The van der Waals surface area contributed by atoms with Gasteiger partial charge in [0.25, 0.3) is 10.0 Å². The number of methoxy groups -OCH3 is 1. The van der Waals surface area contributed by atoms with Gasteiger partial charge in [0, 0.05) is 18.5 Å². The standard InChI is InChI=1S/C36H40FN3O5S/c1-26-14-20-32(21-15-26)46(43,44)40(30-18-16-29(37)17-19-30)25-34(41)39(24-28-12-9-13-31(22-28)45-5)33(35(42)38-36(2,3)4)23-27-10-7-6-8-11-27/h6-22,33H,23-25H2,1-5H3,(H,38,42). The Morgan fingerprint density at radius 2 is 1.50 bits per heavy atom. The minimum Gasteiger partial charge on any atom is -0.497 e. The molecule has 0 aliphatic carbocycles. The molecule has 1 N–H and O–H groups in total. The van der Waals surface area contributed by atoms with Crippen LogP contribution in [0.2, 0.25) is 0 Å². The third-order valence-corrected chi connectivity index (χ3v) is 9.05. The molecule has 0 aliphatic heterocycles. The fourth-order valence-corrected chi connectivity index (χ4v) is 6.36. The van der Waals surface area contributed by atoms with Gasteiger partial charge in [0.1, 0.15) is 24.2 Å². The first-order chi connectivity index (χ1) is 21.8. The van der Waals surface area contributed by atoms with Crippen LogP contribution in [-0.2, 0) is 32.6 Å². The van der Waals surface area contributed by atoms with Crippen molar-refractivity contribution in [3.05, 3.63) is 126 Å². The minimum absolute atomic E-state index is 0.00701. The number of halogens is 1. The first-order valence-corrected chi connectivity index (χ1v) is 16.3. The lowest BCUT2D eigenvalue weighted by Crippen LogP contribution is -2.56. The second kappa shape index (κ2) is 14.6. The number of amides is 2. The molecular weight excluding hydrogens is 605 g/mol. The van der Waals surface area contributed by atoms with E-state index in [1.807, 2.05) is 64.1 Å². The van der Waals surface area contributed by atoms with Gasteiger partial charge < -0.3 is 15.0 Å². The van der Waals surface area contributed by atoms with Crippen LogP contribution < -0.4 is 14.4 Å². The normalized spacial score (nSPS) is 12.2. The van der Waals surface area contributed by atoms with E-state index in [2.05, 4.69) is 5.32 Å². The van der Waals surface area contributed by atoms with E-state index in [1.54, 1.807) is 30.3 Å². The Kier molecular flexibility index (Phi) is 10.8. The van der Waals surface area contributed by atoms with Crippen LogP contribution in [0.15, 0.2) is 108 Å². The molecule has 242 valence electrons. The van der Waals surface area contributed by atoms with Crippen molar-refractivity contribution in [1.29, 1.82) is 0 Å². The van der Waals surface area contributed by atoms with Crippen LogP contribution in [0.1, 0.15) is 37.5 Å². The summed E-state index contributed by atoms with van der Waals surface area (Å²) in [5.41, 5.74) is 1.87. The van der Waals surface area contributed by atoms with E-state index in [0.29, 0.717) is 11.3 Å². The lowest BCUT2D eigenvalue weighted by atomic mass is 10.0. The van der Waals surface area contributed by atoms with Gasteiger partial charge in [-0.25, -0.2) is 12.8 Å². The monoisotopic (exact) mass is 645 g/mol. The molecule has 0 aromatic heterocycles. The van der Waals surface area contributed by atoms with Crippen molar-refractivity contribution in [3.8, 4) is 5.75 Å². The van der Waals surface area contributed by atoms with E-state index in [1.165, 1.54) is 36.3 Å². The summed E-state index contributed by atoms with van der Waals surface area (Å²) in [6.07, 6.45) is 0.180. The van der Waals surface area contributed by atoms with Crippen LogP contribution in [0.25, 0.3) is 0 Å². The lowest BCUT2D eigenvalue weighted by molar-refractivity contribution is -0.140. The summed E-state index contributed by atoms with van der Waals surface area (Å²) in [6.45, 7) is 6.74. The van der Waals surface area contributed by atoms with E-state index in [9.17, 15) is 22.4 Å². The summed E-state index contributed by atoms with van der Waals surface area (Å²) in [6, 6.07) is 26.6. The first kappa shape index (κ1) is 34.2. The third kappa shape index (κ3) is 8.94. The van der Waals surface area contributed by atoms with E-state index >= 15 is 0 Å². The number of aryl methyl sites for hydroxylation is 1. The molecule has 10 heteroatoms. The van der Waals surface area contributed by atoms with Gasteiger partial charge in [0.15, 0.2) is 0 Å². The number of sulfonamides is 1. The Bertz CT molecular complexity index is 1740. The van der Waals surface area contributed by atoms with E-state index in [-0.39, 0.29) is 29.5 Å². The molecular formula is C36H40FN3O5S. The number of nitrogens with zero attached hydrogens (tertiary/aromatic N) is 2. The fourth-order valence-electron chi connectivity index (χ4n) is 4.95. The average Bonchev–Trinajstić information content (AvgIpc) is 3.02. The molecule has 0 radical (unpaired) electrons. The second-order valence-corrected chi connectivity index (χ2v) is 14.0. The highest BCUT2D eigenvalue weighted by atomic mass is 32.2. The van der Waals surface area contributed by atoms with Crippen molar-refractivity contribution in [3.63, 3.8) is 0 Å². The molecule has 0 fully saturated rings. The van der Waals surface area contributed by atoms with Gasteiger partial charge in [-0.15, -0.1) is 0 Å². The molecule has 1 unspecified atom stereocenters. The molecule has 4 aromatic rings. The van der Waals surface area contributed by atoms with Gasteiger partial charge in [-0.3, -0.25) is 13.9 Å². The minimum atomic E-state index is -4.29. The number of nitrogens with one attached hydrogen (secondary N) is 1. The van der Waals surface area contributed by atoms with Crippen LogP contribution in [0, 0.1) is 12.7 Å². The highest BCUT2D eigenvalue weighted by Gasteiger charge is 2.35. The SMILES string of the molecule is COc1cccc(CN(C(=O)CN(c2ccc(F)cc2)S(=O)(=O)c2ccc(C)cc2)C(Cc2ccccc2)C(=O)NC(C)(C)C)c1. The zero-order valence-corrected chi connectivity index (χ0v) is 27.6. The molecule has 0 saturated carbocycles. The van der Waals surface area contributed by atoms with Crippen LogP contribution in [-0.4, -0.2) is 50.4 Å². The molecule has 1 atom stereocenters. The van der Waals surface area contributed by atoms with Crippen LogP contribution >= 0.6 is 0 Å². The Morgan fingerprint density at radius 3 is 2.11 bits per heavy atom. The summed E-state index contributed by atoms with van der Waals surface area (Å²) < 4.78 is 48.5. The van der Waals surface area contributed by atoms with Gasteiger partial charge >= 0.3 is 0 Å². The van der Waals surface area contributed by atoms with Crippen molar-refractivity contribution in [2.75, 3.05) is 18.0 Å².